The average molecular weight is 465 g/mol. The average Bonchev–Trinajstić information content (AvgIpc) is 3.16. The van der Waals surface area contributed by atoms with E-state index in [9.17, 15) is 19.5 Å². The lowest BCUT2D eigenvalue weighted by molar-refractivity contribution is -0.143. The van der Waals surface area contributed by atoms with E-state index in [2.05, 4.69) is 29.3 Å². The lowest BCUT2D eigenvalue weighted by atomic mass is 9.98. The third-order valence-electron chi connectivity index (χ3n) is 6.39. The van der Waals surface area contributed by atoms with Crippen LogP contribution in [0.5, 0.6) is 0 Å². The van der Waals surface area contributed by atoms with Crippen LogP contribution in [0.2, 0.25) is 0 Å². The molecule has 0 aliphatic heterocycles. The first-order valence-electron chi connectivity index (χ1n) is 11.6. The molecule has 3 N–H and O–H groups in total. The van der Waals surface area contributed by atoms with Gasteiger partial charge >= 0.3 is 12.1 Å². The minimum Gasteiger partial charge on any atom is -0.480 e. The van der Waals surface area contributed by atoms with Crippen LogP contribution in [0.1, 0.15) is 50.2 Å². The van der Waals surface area contributed by atoms with E-state index in [4.69, 9.17) is 4.74 Å². The lowest BCUT2D eigenvalue weighted by Crippen LogP contribution is -2.53. The fourth-order valence-electron chi connectivity index (χ4n) is 4.27. The van der Waals surface area contributed by atoms with Crippen molar-refractivity contribution in [2.24, 2.45) is 5.92 Å². The van der Waals surface area contributed by atoms with Crippen LogP contribution < -0.4 is 10.6 Å². The number of hydrogen-bond donors (Lipinski definition) is 3. The summed E-state index contributed by atoms with van der Waals surface area (Å²) < 4.78 is 5.55. The Morgan fingerprint density at radius 3 is 2.18 bits per heavy atom. The monoisotopic (exact) mass is 464 g/mol. The number of carboxylic acids is 1. The number of allylic oxidation sites excluding steroid dienone is 1. The number of carbonyl (C=O) groups excluding carboxylic acids is 2. The van der Waals surface area contributed by atoms with Crippen molar-refractivity contribution in [3.8, 4) is 11.1 Å². The van der Waals surface area contributed by atoms with E-state index in [-0.39, 0.29) is 24.9 Å². The zero-order valence-electron chi connectivity index (χ0n) is 19.6. The highest BCUT2D eigenvalue weighted by atomic mass is 16.5. The molecule has 0 heterocycles. The van der Waals surface area contributed by atoms with Crippen LogP contribution >= 0.6 is 0 Å². The Morgan fingerprint density at radius 1 is 1.06 bits per heavy atom. The van der Waals surface area contributed by atoms with Gasteiger partial charge in [0.25, 0.3) is 0 Å². The fraction of sp³-hybridized carbons (Fsp3) is 0.370. The molecule has 2 aromatic carbocycles. The highest BCUT2D eigenvalue weighted by Gasteiger charge is 2.31. The summed E-state index contributed by atoms with van der Waals surface area (Å²) in [6, 6.07) is 14.1. The summed E-state index contributed by atoms with van der Waals surface area (Å²) in [6.45, 7) is 7.41. The van der Waals surface area contributed by atoms with Crippen molar-refractivity contribution in [3.05, 3.63) is 72.3 Å². The molecule has 0 saturated heterocycles. The summed E-state index contributed by atoms with van der Waals surface area (Å²) in [4.78, 5) is 37.1. The second kappa shape index (κ2) is 11.5. The van der Waals surface area contributed by atoms with Crippen molar-refractivity contribution < 1.29 is 24.2 Å². The molecular weight excluding hydrogens is 432 g/mol. The number of benzene rings is 2. The Bertz CT molecular complexity index is 1010. The minimum atomic E-state index is -1.11. The molecule has 0 aromatic heterocycles. The topological polar surface area (TPSA) is 105 Å². The van der Waals surface area contributed by atoms with Crippen LogP contribution in [0.3, 0.4) is 0 Å². The van der Waals surface area contributed by atoms with E-state index in [0.717, 1.165) is 22.3 Å². The smallest absolute Gasteiger partial charge is 0.407 e. The van der Waals surface area contributed by atoms with Crippen LogP contribution in [0, 0.1) is 5.92 Å². The van der Waals surface area contributed by atoms with Gasteiger partial charge in [0.05, 0.1) is 0 Å². The first-order valence-corrected chi connectivity index (χ1v) is 11.6. The van der Waals surface area contributed by atoms with E-state index >= 15 is 0 Å². The maximum atomic E-state index is 12.8. The van der Waals surface area contributed by atoms with Crippen LogP contribution in [-0.4, -0.2) is 41.8 Å². The van der Waals surface area contributed by atoms with E-state index in [0.29, 0.717) is 12.8 Å². The standard InChI is InChI=1S/C27H32N2O5/c1-4-6-15-23(25(30)29-24(26(31)32)17(3)5-2)28-27(33)34-16-22-20-13-9-7-11-18(20)19-12-8-10-14-21(19)22/h4,7-14,17,22-24H,1,5-6,15-16H2,2-3H3,(H,28,33)(H,29,30)(H,31,32). The number of alkyl carbamates (subject to hydrolysis) is 1. The van der Waals surface area contributed by atoms with Gasteiger partial charge < -0.3 is 20.5 Å². The van der Waals surface area contributed by atoms with Gasteiger partial charge in [-0.05, 0) is 41.0 Å². The lowest BCUT2D eigenvalue weighted by Gasteiger charge is -2.24. The number of rotatable bonds is 11. The summed E-state index contributed by atoms with van der Waals surface area (Å²) in [7, 11) is 0. The second-order valence-corrected chi connectivity index (χ2v) is 8.60. The molecule has 0 fully saturated rings. The first kappa shape index (κ1) is 25.0. The summed E-state index contributed by atoms with van der Waals surface area (Å²) >= 11 is 0. The third kappa shape index (κ3) is 5.65. The predicted molar refractivity (Wildman–Crippen MR) is 130 cm³/mol. The molecule has 3 atom stereocenters. The first-order chi connectivity index (χ1) is 16.4. The normalized spacial score (nSPS) is 14.8. The molecule has 1 aliphatic rings. The van der Waals surface area contributed by atoms with E-state index < -0.39 is 30.1 Å². The van der Waals surface area contributed by atoms with Crippen molar-refractivity contribution in [1.29, 1.82) is 0 Å². The molecule has 0 saturated carbocycles. The molecule has 1 aliphatic carbocycles. The highest BCUT2D eigenvalue weighted by molar-refractivity contribution is 5.89. The molecule has 3 unspecified atom stereocenters. The molecule has 0 bridgehead atoms. The molecule has 34 heavy (non-hydrogen) atoms. The summed E-state index contributed by atoms with van der Waals surface area (Å²) in [5.41, 5.74) is 4.44. The quantitative estimate of drug-likeness (QED) is 0.426. The highest BCUT2D eigenvalue weighted by Crippen LogP contribution is 2.44. The van der Waals surface area contributed by atoms with Crippen molar-refractivity contribution in [2.45, 2.75) is 51.1 Å². The number of carboxylic acid groups (broad SMARTS) is 1. The number of nitrogens with one attached hydrogen (secondary N) is 2. The summed E-state index contributed by atoms with van der Waals surface area (Å²) in [5.74, 6) is -2.01. The van der Waals surface area contributed by atoms with E-state index in [1.54, 1.807) is 13.0 Å². The number of carbonyl (C=O) groups is 3. The fourth-order valence-corrected chi connectivity index (χ4v) is 4.27. The van der Waals surface area contributed by atoms with Crippen molar-refractivity contribution in [1.82, 2.24) is 10.6 Å². The summed E-state index contributed by atoms with van der Waals surface area (Å²) in [5, 5.41) is 14.7. The van der Waals surface area contributed by atoms with Crippen LogP contribution in [0.25, 0.3) is 11.1 Å². The van der Waals surface area contributed by atoms with Gasteiger partial charge in [0.15, 0.2) is 0 Å². The molecule has 0 spiro atoms. The van der Waals surface area contributed by atoms with E-state index in [1.165, 1.54) is 0 Å². The minimum absolute atomic E-state index is 0.0969. The zero-order chi connectivity index (χ0) is 24.7. The van der Waals surface area contributed by atoms with Gasteiger partial charge in [-0.2, -0.15) is 0 Å². The molecule has 180 valence electrons. The molecular formula is C27H32N2O5. The van der Waals surface area contributed by atoms with Gasteiger partial charge in [0.2, 0.25) is 5.91 Å². The maximum Gasteiger partial charge on any atom is 0.407 e. The van der Waals surface area contributed by atoms with Crippen LogP contribution in [-0.2, 0) is 14.3 Å². The maximum absolute atomic E-state index is 12.8. The molecule has 0 radical (unpaired) electrons. The van der Waals surface area contributed by atoms with Crippen molar-refractivity contribution >= 4 is 18.0 Å². The second-order valence-electron chi connectivity index (χ2n) is 8.60. The Hall–Kier alpha value is -3.61. The molecule has 2 amide bonds. The Balaban J connectivity index is 1.67. The Morgan fingerprint density at radius 2 is 1.65 bits per heavy atom. The van der Waals surface area contributed by atoms with Gasteiger partial charge in [-0.3, -0.25) is 4.79 Å². The molecule has 7 heteroatoms. The number of fused-ring (bicyclic) bond motifs is 3. The van der Waals surface area contributed by atoms with Crippen molar-refractivity contribution in [3.63, 3.8) is 0 Å². The van der Waals surface area contributed by atoms with Gasteiger partial charge in [-0.1, -0.05) is 74.9 Å². The molecule has 7 nitrogen and oxygen atoms in total. The largest absolute Gasteiger partial charge is 0.480 e. The zero-order valence-corrected chi connectivity index (χ0v) is 19.6. The number of amides is 2. The number of aliphatic carboxylic acids is 1. The van der Waals surface area contributed by atoms with Gasteiger partial charge in [-0.15, -0.1) is 6.58 Å². The SMILES string of the molecule is C=CCCC(NC(=O)OCC1c2ccccc2-c2ccccc21)C(=O)NC(C(=O)O)C(C)CC. The molecule has 3 rings (SSSR count). The summed E-state index contributed by atoms with van der Waals surface area (Å²) in [6.07, 6.45) is 2.27. The van der Waals surface area contributed by atoms with Crippen LogP contribution in [0.4, 0.5) is 4.79 Å². The van der Waals surface area contributed by atoms with Gasteiger partial charge in [0, 0.05) is 5.92 Å². The van der Waals surface area contributed by atoms with E-state index in [1.807, 2.05) is 43.3 Å². The molecule has 2 aromatic rings. The Kier molecular flexibility index (Phi) is 8.46. The predicted octanol–water partition coefficient (Wildman–Crippen LogP) is 4.48. The third-order valence-corrected chi connectivity index (χ3v) is 6.39. The van der Waals surface area contributed by atoms with Gasteiger partial charge in [0.1, 0.15) is 18.7 Å². The van der Waals surface area contributed by atoms with Crippen molar-refractivity contribution in [2.75, 3.05) is 6.61 Å². The van der Waals surface area contributed by atoms with Crippen LogP contribution in [0.15, 0.2) is 61.2 Å². The number of hydrogen-bond acceptors (Lipinski definition) is 4. The van der Waals surface area contributed by atoms with Gasteiger partial charge in [-0.25, -0.2) is 9.59 Å². The Labute approximate surface area is 200 Å². The number of ether oxygens (including phenoxy) is 1.